The van der Waals surface area contributed by atoms with Crippen LogP contribution in [0.5, 0.6) is 5.75 Å². The van der Waals surface area contributed by atoms with Gasteiger partial charge >= 0.3 is 5.97 Å². The lowest BCUT2D eigenvalue weighted by Crippen LogP contribution is -2.57. The van der Waals surface area contributed by atoms with Crippen LogP contribution >= 0.6 is 0 Å². The molecule has 0 saturated carbocycles. The summed E-state index contributed by atoms with van der Waals surface area (Å²) < 4.78 is 0. The molecule has 8 nitrogen and oxygen atoms in total. The number of carboxylic acid groups (broad SMARTS) is 1. The Kier molecular flexibility index (Phi) is 9.61. The first-order valence-electron chi connectivity index (χ1n) is 9.92. The first kappa shape index (κ1) is 24.4. The highest BCUT2D eigenvalue weighted by molar-refractivity contribution is 5.92. The summed E-state index contributed by atoms with van der Waals surface area (Å²) in [4.78, 5) is 36.9. The molecule has 1 aromatic rings. The van der Waals surface area contributed by atoms with Gasteiger partial charge in [-0.05, 0) is 36.0 Å². The van der Waals surface area contributed by atoms with Crippen molar-refractivity contribution in [1.82, 2.24) is 10.6 Å². The third kappa shape index (κ3) is 8.11. The number of aliphatic carboxylic acids is 1. The Morgan fingerprint density at radius 3 is 2.10 bits per heavy atom. The number of carbonyl (C=O) groups is 3. The van der Waals surface area contributed by atoms with E-state index in [1.54, 1.807) is 12.1 Å². The van der Waals surface area contributed by atoms with E-state index >= 15 is 0 Å². The lowest BCUT2D eigenvalue weighted by Gasteiger charge is -2.27. The van der Waals surface area contributed by atoms with Gasteiger partial charge in [-0.15, -0.1) is 0 Å². The van der Waals surface area contributed by atoms with Gasteiger partial charge in [-0.1, -0.05) is 46.2 Å². The number of aromatic hydroxyl groups is 1. The average molecular weight is 408 g/mol. The third-order valence-corrected chi connectivity index (χ3v) is 4.85. The van der Waals surface area contributed by atoms with Gasteiger partial charge in [0.2, 0.25) is 11.8 Å². The van der Waals surface area contributed by atoms with Crippen LogP contribution in [0.15, 0.2) is 24.3 Å². The normalized spacial score (nSPS) is 15.2. The lowest BCUT2D eigenvalue weighted by molar-refractivity contribution is -0.142. The first-order chi connectivity index (χ1) is 13.5. The minimum atomic E-state index is -1.18. The fourth-order valence-corrected chi connectivity index (χ4v) is 2.91. The fourth-order valence-electron chi connectivity index (χ4n) is 2.91. The summed E-state index contributed by atoms with van der Waals surface area (Å²) in [5, 5.41) is 24.1. The Balaban J connectivity index is 2.89. The largest absolute Gasteiger partial charge is 0.508 e. The average Bonchev–Trinajstić information content (AvgIpc) is 2.65. The van der Waals surface area contributed by atoms with Crippen LogP contribution in [0.2, 0.25) is 0 Å². The molecule has 0 heterocycles. The molecule has 1 rings (SSSR count). The Labute approximate surface area is 171 Å². The summed E-state index contributed by atoms with van der Waals surface area (Å²) in [5.41, 5.74) is 6.57. The molecule has 0 aliphatic rings. The van der Waals surface area contributed by atoms with Crippen LogP contribution in [0.3, 0.4) is 0 Å². The smallest absolute Gasteiger partial charge is 0.326 e. The third-order valence-electron chi connectivity index (χ3n) is 4.85. The molecule has 6 N–H and O–H groups in total. The molecule has 4 atom stereocenters. The van der Waals surface area contributed by atoms with Crippen LogP contribution in [-0.4, -0.2) is 46.1 Å². The zero-order valence-corrected chi connectivity index (χ0v) is 17.5. The zero-order chi connectivity index (χ0) is 22.1. The van der Waals surface area contributed by atoms with Gasteiger partial charge in [0, 0.05) is 6.42 Å². The highest BCUT2D eigenvalue weighted by Crippen LogP contribution is 2.13. The molecule has 0 bridgehead atoms. The molecule has 0 spiro atoms. The first-order valence-corrected chi connectivity index (χ1v) is 9.92. The van der Waals surface area contributed by atoms with Crippen molar-refractivity contribution >= 4 is 17.8 Å². The summed E-state index contributed by atoms with van der Waals surface area (Å²) in [6.45, 7) is 7.60. The molecule has 4 unspecified atom stereocenters. The number of hydrogen-bond donors (Lipinski definition) is 5. The molecule has 2 amide bonds. The number of amides is 2. The van der Waals surface area contributed by atoms with Crippen molar-refractivity contribution in [2.75, 3.05) is 0 Å². The maximum Gasteiger partial charge on any atom is 0.326 e. The van der Waals surface area contributed by atoms with E-state index in [1.807, 2.05) is 27.7 Å². The van der Waals surface area contributed by atoms with Gasteiger partial charge in [-0.25, -0.2) is 4.79 Å². The Hall–Kier alpha value is -2.61. The van der Waals surface area contributed by atoms with Crippen molar-refractivity contribution in [2.45, 2.75) is 65.1 Å². The molecule has 162 valence electrons. The second kappa shape index (κ2) is 11.4. The number of carbonyl (C=O) groups excluding carboxylic acids is 2. The molecule has 0 aliphatic carbocycles. The van der Waals surface area contributed by atoms with Gasteiger partial charge in [0.1, 0.15) is 17.8 Å². The van der Waals surface area contributed by atoms with E-state index in [0.29, 0.717) is 18.4 Å². The summed E-state index contributed by atoms with van der Waals surface area (Å²) >= 11 is 0. The Morgan fingerprint density at radius 2 is 1.62 bits per heavy atom. The number of phenols is 1. The van der Waals surface area contributed by atoms with Crippen molar-refractivity contribution in [2.24, 2.45) is 17.6 Å². The number of carboxylic acids is 1. The SMILES string of the molecule is CCC(C)C(NC(=O)C(N)CC(C)C)C(=O)NC(Cc1ccc(O)cc1)C(=O)O. The van der Waals surface area contributed by atoms with Crippen LogP contribution in [0.1, 0.15) is 46.1 Å². The number of nitrogens with two attached hydrogens (primary N) is 1. The summed E-state index contributed by atoms with van der Waals surface area (Å²) in [7, 11) is 0. The number of nitrogens with one attached hydrogen (secondary N) is 2. The van der Waals surface area contributed by atoms with Crippen molar-refractivity contribution in [1.29, 1.82) is 0 Å². The Bertz CT molecular complexity index is 690. The van der Waals surface area contributed by atoms with Crippen LogP contribution in [0, 0.1) is 11.8 Å². The Morgan fingerprint density at radius 1 is 1.03 bits per heavy atom. The second-order valence-electron chi connectivity index (χ2n) is 7.88. The predicted octanol–water partition coefficient (Wildman–Crippen LogP) is 1.41. The summed E-state index contributed by atoms with van der Waals surface area (Å²) in [6.07, 6.45) is 1.15. The molecule has 29 heavy (non-hydrogen) atoms. The van der Waals surface area contributed by atoms with E-state index < -0.39 is 35.9 Å². The van der Waals surface area contributed by atoms with Crippen LogP contribution in [0.25, 0.3) is 0 Å². The molecule has 0 radical (unpaired) electrons. The summed E-state index contributed by atoms with van der Waals surface area (Å²) in [6, 6.07) is 3.31. The molecule has 0 aliphatic heterocycles. The zero-order valence-electron chi connectivity index (χ0n) is 17.5. The summed E-state index contributed by atoms with van der Waals surface area (Å²) in [5.74, 6) is -2.07. The topological polar surface area (TPSA) is 142 Å². The number of hydrogen-bond acceptors (Lipinski definition) is 5. The maximum atomic E-state index is 12.8. The van der Waals surface area contributed by atoms with E-state index in [1.165, 1.54) is 12.1 Å². The van der Waals surface area contributed by atoms with Gasteiger partial charge in [-0.3, -0.25) is 9.59 Å². The van der Waals surface area contributed by atoms with Gasteiger partial charge in [-0.2, -0.15) is 0 Å². The van der Waals surface area contributed by atoms with Gasteiger partial charge in [0.15, 0.2) is 0 Å². The number of phenolic OH excluding ortho intramolecular Hbond substituents is 1. The van der Waals surface area contributed by atoms with Crippen molar-refractivity contribution in [3.05, 3.63) is 29.8 Å². The van der Waals surface area contributed by atoms with Crippen molar-refractivity contribution in [3.8, 4) is 5.75 Å². The second-order valence-corrected chi connectivity index (χ2v) is 7.88. The van der Waals surface area contributed by atoms with Crippen molar-refractivity contribution < 1.29 is 24.6 Å². The maximum absolute atomic E-state index is 12.8. The molecule has 0 fully saturated rings. The van der Waals surface area contributed by atoms with E-state index in [2.05, 4.69) is 10.6 Å². The predicted molar refractivity (Wildman–Crippen MR) is 110 cm³/mol. The van der Waals surface area contributed by atoms with Crippen LogP contribution < -0.4 is 16.4 Å². The quantitative estimate of drug-likeness (QED) is 0.375. The highest BCUT2D eigenvalue weighted by Gasteiger charge is 2.31. The highest BCUT2D eigenvalue weighted by atomic mass is 16.4. The molecular formula is C21H33N3O5. The van der Waals surface area contributed by atoms with E-state index in [0.717, 1.165) is 0 Å². The molecule has 0 aromatic heterocycles. The number of benzene rings is 1. The minimum Gasteiger partial charge on any atom is -0.508 e. The van der Waals surface area contributed by atoms with E-state index in [9.17, 15) is 24.6 Å². The van der Waals surface area contributed by atoms with Crippen molar-refractivity contribution in [3.63, 3.8) is 0 Å². The fraction of sp³-hybridized carbons (Fsp3) is 0.571. The standard InChI is InChI=1S/C21H33N3O5/c1-5-13(4)18(24-19(26)16(22)10-12(2)3)20(27)23-17(21(28)29)11-14-6-8-15(25)9-7-14/h6-9,12-13,16-18,25H,5,10-11,22H2,1-4H3,(H,23,27)(H,24,26)(H,28,29). The van der Waals surface area contributed by atoms with Gasteiger partial charge in [0.25, 0.3) is 0 Å². The monoisotopic (exact) mass is 407 g/mol. The van der Waals surface area contributed by atoms with E-state index in [4.69, 9.17) is 5.73 Å². The molecule has 0 saturated heterocycles. The number of rotatable bonds is 11. The van der Waals surface area contributed by atoms with Crippen LogP contribution in [-0.2, 0) is 20.8 Å². The van der Waals surface area contributed by atoms with Crippen LogP contribution in [0.4, 0.5) is 0 Å². The molecular weight excluding hydrogens is 374 g/mol. The van der Waals surface area contributed by atoms with Gasteiger partial charge in [0.05, 0.1) is 6.04 Å². The van der Waals surface area contributed by atoms with E-state index in [-0.39, 0.29) is 24.0 Å². The van der Waals surface area contributed by atoms with Gasteiger partial charge < -0.3 is 26.6 Å². The molecule has 1 aromatic carbocycles. The minimum absolute atomic E-state index is 0.0510. The molecule has 8 heteroatoms. The lowest BCUT2D eigenvalue weighted by atomic mass is 9.96.